The van der Waals surface area contributed by atoms with E-state index in [-0.39, 0.29) is 41.3 Å². The van der Waals surface area contributed by atoms with E-state index in [0.29, 0.717) is 55.5 Å². The molecular weight excluding hydrogens is 849 g/mol. The fraction of sp³-hybridized carbons (Fsp3) is 0.425. The number of hydrogen-bond donors (Lipinski definition) is 4. The number of anilines is 2. The maximum Gasteiger partial charge on any atom is 0.292 e. The van der Waals surface area contributed by atoms with Crippen LogP contribution in [0.1, 0.15) is 87.1 Å². The molecule has 3 atom stereocenters. The SMILES string of the molecule is C[C@@H]1c2c(C(F)F)nn(CC(=O)N[C@@H](Cc3cc(F)cc(F)c3)c3nc4nc(NCC(C)(C)O)sc4cc3-c3cccc4c(NS(=O)(=O)C5CC5)nn(C)c34)c2C(F)(F)[C@@H]1C. The van der Waals surface area contributed by atoms with Crippen molar-refractivity contribution in [2.75, 3.05) is 16.6 Å². The van der Waals surface area contributed by atoms with E-state index in [4.69, 9.17) is 4.98 Å². The Labute approximate surface area is 349 Å². The Morgan fingerprint density at radius 3 is 2.39 bits per heavy atom. The number of sulfonamides is 1. The summed E-state index contributed by atoms with van der Waals surface area (Å²) in [7, 11) is -2.12. The summed E-state index contributed by atoms with van der Waals surface area (Å²) >= 11 is 1.20. The van der Waals surface area contributed by atoms with Crippen molar-refractivity contribution >= 4 is 59.5 Å². The first-order valence-corrected chi connectivity index (χ1v) is 21.7. The van der Waals surface area contributed by atoms with Crippen LogP contribution in [0.15, 0.2) is 42.5 Å². The molecule has 4 aromatic heterocycles. The molecule has 2 aromatic carbocycles. The summed E-state index contributed by atoms with van der Waals surface area (Å²) in [5.41, 5.74) is -1.46. The average molecular weight is 890 g/mol. The normalized spacial score (nSPS) is 18.2. The molecule has 4 heterocycles. The van der Waals surface area contributed by atoms with Crippen molar-refractivity contribution in [3.63, 3.8) is 0 Å². The van der Waals surface area contributed by atoms with Crippen molar-refractivity contribution in [2.45, 2.75) is 88.7 Å². The smallest absolute Gasteiger partial charge is 0.292 e. The van der Waals surface area contributed by atoms with E-state index >= 15 is 8.78 Å². The quantitative estimate of drug-likeness (QED) is 0.0802. The summed E-state index contributed by atoms with van der Waals surface area (Å²) in [5.74, 6) is -8.64. The fourth-order valence-corrected chi connectivity index (χ4v) is 10.0. The Balaban J connectivity index is 1.28. The number of nitrogens with one attached hydrogen (secondary N) is 3. The summed E-state index contributed by atoms with van der Waals surface area (Å²) in [6.07, 6.45) is -2.48. The molecule has 8 rings (SSSR count). The highest BCUT2D eigenvalue weighted by molar-refractivity contribution is 7.93. The number of amides is 1. The Morgan fingerprint density at radius 1 is 1.03 bits per heavy atom. The van der Waals surface area contributed by atoms with Gasteiger partial charge in [-0.2, -0.15) is 19.0 Å². The Hall–Kier alpha value is -5.28. The molecule has 1 saturated carbocycles. The number of benzene rings is 2. The first-order chi connectivity index (χ1) is 28.6. The molecule has 0 radical (unpaired) electrons. The number of fused-ring (bicyclic) bond motifs is 3. The first kappa shape index (κ1) is 42.4. The van der Waals surface area contributed by atoms with Crippen molar-refractivity contribution < 1.29 is 44.7 Å². The monoisotopic (exact) mass is 889 g/mol. The van der Waals surface area contributed by atoms with E-state index in [0.717, 1.165) is 12.1 Å². The number of alkyl halides is 4. The van der Waals surface area contributed by atoms with Gasteiger partial charge in [-0.1, -0.05) is 37.3 Å². The summed E-state index contributed by atoms with van der Waals surface area (Å²) < 4.78 is 120. The minimum Gasteiger partial charge on any atom is -0.389 e. The van der Waals surface area contributed by atoms with Crippen LogP contribution in [0.4, 0.5) is 37.3 Å². The van der Waals surface area contributed by atoms with E-state index in [1.54, 1.807) is 45.2 Å². The van der Waals surface area contributed by atoms with Gasteiger partial charge >= 0.3 is 0 Å². The van der Waals surface area contributed by atoms with Crippen LogP contribution in [0.3, 0.4) is 0 Å². The van der Waals surface area contributed by atoms with Gasteiger partial charge in [-0.05, 0) is 68.9 Å². The highest BCUT2D eigenvalue weighted by Crippen LogP contribution is 2.54. The number of nitrogens with zero attached hydrogens (tertiary/aromatic N) is 6. The molecule has 1 fully saturated rings. The fourth-order valence-electron chi connectivity index (χ4n) is 7.86. The molecule has 0 saturated heterocycles. The third-order valence-corrected chi connectivity index (χ3v) is 13.9. The van der Waals surface area contributed by atoms with Gasteiger partial charge in [0.2, 0.25) is 15.9 Å². The van der Waals surface area contributed by atoms with Crippen LogP contribution >= 0.6 is 11.3 Å². The topological polar surface area (TPSA) is 169 Å². The molecule has 0 aliphatic heterocycles. The number of aryl methyl sites for hydroxylation is 1. The maximum absolute atomic E-state index is 15.7. The van der Waals surface area contributed by atoms with E-state index in [1.807, 2.05) is 0 Å². The number of aromatic nitrogens is 6. The summed E-state index contributed by atoms with van der Waals surface area (Å²) in [6, 6.07) is 8.29. The summed E-state index contributed by atoms with van der Waals surface area (Å²) in [6.45, 7) is 5.04. The first-order valence-electron chi connectivity index (χ1n) is 19.4. The number of carbonyl (C=O) groups excluding carboxylic acids is 1. The number of hydrogen-bond acceptors (Lipinski definition) is 10. The average Bonchev–Trinajstić information content (AvgIpc) is 3.70. The predicted molar refractivity (Wildman–Crippen MR) is 217 cm³/mol. The lowest BCUT2D eigenvalue weighted by molar-refractivity contribution is -0.123. The maximum atomic E-state index is 15.7. The number of pyridine rings is 1. The zero-order chi connectivity index (χ0) is 43.9. The number of carbonyl (C=O) groups is 1. The molecular formula is C40H41F6N9O4S2. The Morgan fingerprint density at radius 2 is 1.74 bits per heavy atom. The van der Waals surface area contributed by atoms with Crippen LogP contribution in [0.25, 0.3) is 32.4 Å². The number of thiazole rings is 1. The molecule has 4 N–H and O–H groups in total. The molecule has 324 valence electrons. The second kappa shape index (κ2) is 15.3. The van der Waals surface area contributed by atoms with Crippen LogP contribution in [0.5, 0.6) is 0 Å². The largest absolute Gasteiger partial charge is 0.389 e. The lowest BCUT2D eigenvalue weighted by Gasteiger charge is -2.23. The van der Waals surface area contributed by atoms with Crippen LogP contribution in [-0.2, 0) is 40.8 Å². The van der Waals surface area contributed by atoms with E-state index in [2.05, 4.69) is 30.5 Å². The zero-order valence-electron chi connectivity index (χ0n) is 33.4. The van der Waals surface area contributed by atoms with E-state index in [9.17, 15) is 35.9 Å². The minimum atomic E-state index is -3.74. The highest BCUT2D eigenvalue weighted by Gasteiger charge is 2.55. The van der Waals surface area contributed by atoms with Gasteiger partial charge in [-0.25, -0.2) is 35.9 Å². The third kappa shape index (κ3) is 8.14. The standard InChI is InChI=1S/C40H41F6N9O4S2/c1-18-19(2)40(45,46)34-30(18)32(35(43)44)51-55(34)16-29(56)48-27(13-20-11-21(41)14-22(42)12-20)31-26(15-28-37(49-31)50-38(60-28)47-17-39(3,4)57)24-7-6-8-25-33(24)54(5)52-36(25)53-61(58,59)23-9-10-23/h6-8,11-12,14-15,18-19,23,27,35,57H,9-10,13,16-17H2,1-5H3,(H,48,56)(H,52,53)(H,47,49,50)/t18-,19+,27-/m0/s1. The van der Waals surface area contributed by atoms with Crippen molar-refractivity contribution in [1.29, 1.82) is 0 Å². The van der Waals surface area contributed by atoms with E-state index in [1.165, 1.54) is 29.9 Å². The van der Waals surface area contributed by atoms with Gasteiger partial charge in [0.25, 0.3) is 12.3 Å². The molecule has 2 aliphatic rings. The molecule has 1 amide bonds. The lowest BCUT2D eigenvalue weighted by Crippen LogP contribution is -2.35. The Kier molecular flexibility index (Phi) is 10.6. The van der Waals surface area contributed by atoms with Gasteiger partial charge in [0.15, 0.2) is 16.6 Å². The van der Waals surface area contributed by atoms with E-state index < -0.39 is 86.6 Å². The van der Waals surface area contributed by atoms with Crippen LogP contribution in [-0.4, -0.2) is 66.4 Å². The molecule has 0 spiro atoms. The minimum absolute atomic E-state index is 0.0751. The Bertz CT molecular complexity index is 2800. The summed E-state index contributed by atoms with van der Waals surface area (Å²) in [4.78, 5) is 23.6. The highest BCUT2D eigenvalue weighted by atomic mass is 32.2. The van der Waals surface area contributed by atoms with Gasteiger partial charge in [0, 0.05) is 47.7 Å². The molecule has 0 unspecified atom stereocenters. The van der Waals surface area contributed by atoms with Gasteiger partial charge in [-0.15, -0.1) is 0 Å². The van der Waals surface area contributed by atoms with Crippen LogP contribution in [0.2, 0.25) is 0 Å². The molecule has 13 nitrogen and oxygen atoms in total. The van der Waals surface area contributed by atoms with Gasteiger partial charge in [-0.3, -0.25) is 18.9 Å². The second-order valence-electron chi connectivity index (χ2n) is 16.4. The third-order valence-electron chi connectivity index (χ3n) is 11.1. The van der Waals surface area contributed by atoms with Gasteiger partial charge in [0.1, 0.15) is 29.6 Å². The second-order valence-corrected chi connectivity index (χ2v) is 19.3. The predicted octanol–water partition coefficient (Wildman–Crippen LogP) is 7.69. The van der Waals surface area contributed by atoms with Crippen molar-refractivity contribution in [1.82, 2.24) is 34.8 Å². The van der Waals surface area contributed by atoms with Crippen molar-refractivity contribution in [2.24, 2.45) is 13.0 Å². The number of aliphatic hydroxyl groups is 1. The number of rotatable bonds is 14. The molecule has 2 aliphatic carbocycles. The molecule has 21 heteroatoms. The molecule has 0 bridgehead atoms. The number of halogens is 6. The molecule has 6 aromatic rings. The summed E-state index contributed by atoms with van der Waals surface area (Å²) in [5, 5.41) is 24.7. The molecule has 61 heavy (non-hydrogen) atoms. The van der Waals surface area contributed by atoms with Crippen LogP contribution in [0, 0.1) is 17.6 Å². The van der Waals surface area contributed by atoms with Crippen molar-refractivity contribution in [3.8, 4) is 11.1 Å². The number of para-hydroxylation sites is 1. The zero-order valence-corrected chi connectivity index (χ0v) is 35.0. The lowest BCUT2D eigenvalue weighted by atomic mass is 9.94. The van der Waals surface area contributed by atoms with Gasteiger partial charge < -0.3 is 15.7 Å². The van der Waals surface area contributed by atoms with Crippen LogP contribution < -0.4 is 15.4 Å². The van der Waals surface area contributed by atoms with Gasteiger partial charge in [0.05, 0.1) is 32.8 Å². The van der Waals surface area contributed by atoms with Crippen molar-refractivity contribution in [3.05, 3.63) is 82.3 Å².